The van der Waals surface area contributed by atoms with E-state index in [1.165, 1.54) is 25.0 Å². The molecule has 1 aromatic rings. The Bertz CT molecular complexity index is 353. The van der Waals surface area contributed by atoms with Crippen molar-refractivity contribution in [3.8, 4) is 0 Å². The Morgan fingerprint density at radius 2 is 1.94 bits per heavy atom. The minimum Gasteiger partial charge on any atom is -0.311 e. The summed E-state index contributed by atoms with van der Waals surface area (Å²) in [5.41, 5.74) is 1.04. The van der Waals surface area contributed by atoms with Crippen LogP contribution >= 0.6 is 0 Å². The minimum atomic E-state index is -2.38. The van der Waals surface area contributed by atoms with Crippen LogP contribution in [0, 0.1) is 0 Å². The molecule has 1 aliphatic rings. The molecule has 0 atom stereocenters. The van der Waals surface area contributed by atoms with Crippen molar-refractivity contribution in [1.29, 1.82) is 0 Å². The first-order valence-electron chi connectivity index (χ1n) is 5.54. The summed E-state index contributed by atoms with van der Waals surface area (Å²) in [4.78, 5) is 0. The predicted octanol–water partition coefficient (Wildman–Crippen LogP) is 3.39. The average Bonchev–Trinajstić information content (AvgIpc) is 3.09. The summed E-state index contributed by atoms with van der Waals surface area (Å²) in [5, 5.41) is 3.35. The number of hydrogen-bond donors (Lipinski definition) is 1. The fraction of sp³-hybridized carbons (Fsp3) is 0.385. The van der Waals surface area contributed by atoms with Crippen molar-refractivity contribution in [3.05, 3.63) is 41.5 Å². The van der Waals surface area contributed by atoms with Crippen LogP contribution < -0.4 is 5.32 Å². The number of alkyl halides is 2. The van der Waals surface area contributed by atoms with Crippen LogP contribution in [-0.2, 0) is 0 Å². The third-order valence-corrected chi connectivity index (χ3v) is 2.60. The molecule has 2 rings (SSSR count). The summed E-state index contributed by atoms with van der Waals surface area (Å²) < 4.78 is 24.5. The molecule has 0 aliphatic heterocycles. The van der Waals surface area contributed by atoms with Gasteiger partial charge < -0.3 is 5.32 Å². The zero-order valence-electron chi connectivity index (χ0n) is 9.00. The van der Waals surface area contributed by atoms with Crippen molar-refractivity contribution < 1.29 is 8.78 Å². The molecule has 0 bridgehead atoms. The molecule has 1 nitrogen and oxygen atoms in total. The van der Waals surface area contributed by atoms with Gasteiger partial charge in [0, 0.05) is 18.2 Å². The SMILES string of the molecule is FC(F)c1ccc(/C=C/CNC2CC2)cc1. The van der Waals surface area contributed by atoms with Gasteiger partial charge in [-0.1, -0.05) is 36.4 Å². The molecular weight excluding hydrogens is 208 g/mol. The van der Waals surface area contributed by atoms with Gasteiger partial charge in [0.15, 0.2) is 0 Å². The second kappa shape index (κ2) is 5.21. The van der Waals surface area contributed by atoms with E-state index in [0.717, 1.165) is 12.1 Å². The van der Waals surface area contributed by atoms with Crippen molar-refractivity contribution in [3.63, 3.8) is 0 Å². The third-order valence-electron chi connectivity index (χ3n) is 2.60. The van der Waals surface area contributed by atoms with Crippen LogP contribution in [0.2, 0.25) is 0 Å². The van der Waals surface area contributed by atoms with Crippen molar-refractivity contribution in [1.82, 2.24) is 5.32 Å². The Labute approximate surface area is 94.2 Å². The maximum absolute atomic E-state index is 12.3. The highest BCUT2D eigenvalue weighted by Gasteiger charge is 2.18. The molecule has 86 valence electrons. The zero-order valence-corrected chi connectivity index (χ0v) is 9.00. The van der Waals surface area contributed by atoms with E-state index in [1.807, 2.05) is 12.2 Å². The van der Waals surface area contributed by atoms with Gasteiger partial charge in [0.05, 0.1) is 0 Å². The molecule has 0 amide bonds. The van der Waals surface area contributed by atoms with Crippen LogP contribution in [0.1, 0.15) is 30.4 Å². The Kier molecular flexibility index (Phi) is 3.67. The first kappa shape index (κ1) is 11.3. The van der Waals surface area contributed by atoms with Gasteiger partial charge in [0.2, 0.25) is 0 Å². The number of hydrogen-bond acceptors (Lipinski definition) is 1. The lowest BCUT2D eigenvalue weighted by molar-refractivity contribution is 0.151. The van der Waals surface area contributed by atoms with Gasteiger partial charge >= 0.3 is 0 Å². The molecular formula is C13H15F2N. The van der Waals surface area contributed by atoms with Crippen molar-refractivity contribution in [2.24, 2.45) is 0 Å². The van der Waals surface area contributed by atoms with E-state index in [-0.39, 0.29) is 5.56 Å². The molecule has 0 unspecified atom stereocenters. The quantitative estimate of drug-likeness (QED) is 0.806. The van der Waals surface area contributed by atoms with Crippen molar-refractivity contribution in [2.45, 2.75) is 25.3 Å². The van der Waals surface area contributed by atoms with Gasteiger partial charge in [-0.2, -0.15) is 0 Å². The first-order chi connectivity index (χ1) is 7.75. The monoisotopic (exact) mass is 223 g/mol. The van der Waals surface area contributed by atoms with E-state index >= 15 is 0 Å². The molecule has 1 aromatic carbocycles. The Balaban J connectivity index is 1.83. The second-order valence-corrected chi connectivity index (χ2v) is 4.05. The van der Waals surface area contributed by atoms with Crippen LogP contribution in [0.25, 0.3) is 6.08 Å². The van der Waals surface area contributed by atoms with Crippen molar-refractivity contribution in [2.75, 3.05) is 6.54 Å². The van der Waals surface area contributed by atoms with Gasteiger partial charge in [0.1, 0.15) is 0 Å². The highest BCUT2D eigenvalue weighted by atomic mass is 19.3. The highest BCUT2D eigenvalue weighted by molar-refractivity contribution is 5.49. The smallest absolute Gasteiger partial charge is 0.263 e. The second-order valence-electron chi connectivity index (χ2n) is 4.05. The van der Waals surface area contributed by atoms with E-state index < -0.39 is 6.43 Å². The molecule has 3 heteroatoms. The Hall–Kier alpha value is -1.22. The first-order valence-corrected chi connectivity index (χ1v) is 5.54. The molecule has 0 aromatic heterocycles. The molecule has 0 heterocycles. The fourth-order valence-electron chi connectivity index (χ4n) is 1.47. The summed E-state index contributed by atoms with van der Waals surface area (Å²) in [6, 6.07) is 7.08. The van der Waals surface area contributed by atoms with E-state index in [9.17, 15) is 8.78 Å². The van der Waals surface area contributed by atoms with Crippen LogP contribution in [0.3, 0.4) is 0 Å². The fourth-order valence-corrected chi connectivity index (χ4v) is 1.47. The maximum atomic E-state index is 12.3. The third kappa shape index (κ3) is 3.42. The molecule has 0 spiro atoms. The predicted molar refractivity (Wildman–Crippen MR) is 61.5 cm³/mol. The van der Waals surface area contributed by atoms with Gasteiger partial charge in [0.25, 0.3) is 6.43 Å². The number of rotatable bonds is 5. The normalized spacial score (nSPS) is 16.2. The summed E-state index contributed by atoms with van der Waals surface area (Å²) in [6.45, 7) is 0.848. The average molecular weight is 223 g/mol. The topological polar surface area (TPSA) is 12.0 Å². The standard InChI is InChI=1S/C13H15F2N/c14-13(15)11-5-3-10(4-6-11)2-1-9-16-12-7-8-12/h1-6,12-13,16H,7-9H2/b2-1+. The summed E-state index contributed by atoms with van der Waals surface area (Å²) in [6.07, 6.45) is 4.14. The molecule has 1 saturated carbocycles. The Morgan fingerprint density at radius 3 is 2.50 bits per heavy atom. The van der Waals surface area contributed by atoms with E-state index in [2.05, 4.69) is 5.32 Å². The highest BCUT2D eigenvalue weighted by Crippen LogP contribution is 2.19. The number of benzene rings is 1. The molecule has 1 N–H and O–H groups in total. The molecule has 16 heavy (non-hydrogen) atoms. The lowest BCUT2D eigenvalue weighted by atomic mass is 10.1. The maximum Gasteiger partial charge on any atom is 0.263 e. The van der Waals surface area contributed by atoms with Gasteiger partial charge in [-0.15, -0.1) is 0 Å². The van der Waals surface area contributed by atoms with Crippen LogP contribution in [-0.4, -0.2) is 12.6 Å². The summed E-state index contributed by atoms with van der Waals surface area (Å²) in [7, 11) is 0. The molecule has 1 aliphatic carbocycles. The molecule has 0 saturated heterocycles. The zero-order chi connectivity index (χ0) is 11.4. The van der Waals surface area contributed by atoms with E-state index in [1.54, 1.807) is 12.1 Å². The van der Waals surface area contributed by atoms with E-state index in [0.29, 0.717) is 6.04 Å². The van der Waals surface area contributed by atoms with Crippen LogP contribution in [0.4, 0.5) is 8.78 Å². The summed E-state index contributed by atoms with van der Waals surface area (Å²) >= 11 is 0. The van der Waals surface area contributed by atoms with Crippen LogP contribution in [0.15, 0.2) is 30.3 Å². The van der Waals surface area contributed by atoms with Gasteiger partial charge in [-0.25, -0.2) is 8.78 Å². The summed E-state index contributed by atoms with van der Waals surface area (Å²) in [5.74, 6) is 0. The molecule has 1 fully saturated rings. The molecule has 0 radical (unpaired) electrons. The lowest BCUT2D eigenvalue weighted by Crippen LogP contribution is -2.15. The largest absolute Gasteiger partial charge is 0.311 e. The van der Waals surface area contributed by atoms with Crippen LogP contribution in [0.5, 0.6) is 0 Å². The van der Waals surface area contributed by atoms with Gasteiger partial charge in [-0.3, -0.25) is 0 Å². The van der Waals surface area contributed by atoms with Gasteiger partial charge in [-0.05, 0) is 18.4 Å². The van der Waals surface area contributed by atoms with Crippen molar-refractivity contribution >= 4 is 6.08 Å². The minimum absolute atomic E-state index is 0.0771. The number of nitrogens with one attached hydrogen (secondary N) is 1. The van der Waals surface area contributed by atoms with E-state index in [4.69, 9.17) is 0 Å². The number of halogens is 2. The Morgan fingerprint density at radius 1 is 1.25 bits per heavy atom. The lowest BCUT2D eigenvalue weighted by Gasteiger charge is -2.00.